The fourth-order valence-electron chi connectivity index (χ4n) is 3.61. The van der Waals surface area contributed by atoms with E-state index in [4.69, 9.17) is 5.73 Å². The molecule has 0 bridgehead atoms. The number of rotatable bonds is 10. The molecular formula is C20H38N4O4. The summed E-state index contributed by atoms with van der Waals surface area (Å²) in [7, 11) is 3.17. The number of primary amides is 1. The third-order valence-electron chi connectivity index (χ3n) is 5.33. The summed E-state index contributed by atoms with van der Waals surface area (Å²) in [5.41, 5.74) is 4.36. The molecule has 1 rings (SSSR count). The topological polar surface area (TPSA) is 107 Å². The fraction of sp³-hybridized carbons (Fsp3) is 0.850. The van der Waals surface area contributed by atoms with Crippen molar-refractivity contribution >= 4 is 17.7 Å². The Kier molecular flexibility index (Phi) is 9.36. The van der Waals surface area contributed by atoms with Crippen LogP contribution in [0.5, 0.6) is 0 Å². The monoisotopic (exact) mass is 398 g/mol. The van der Waals surface area contributed by atoms with Crippen molar-refractivity contribution in [2.24, 2.45) is 5.73 Å². The molecule has 0 radical (unpaired) electrons. The number of likely N-dealkylation sites (tertiary alicyclic amines) is 1. The maximum absolute atomic E-state index is 13.3. The third-order valence-corrected chi connectivity index (χ3v) is 5.33. The predicted molar refractivity (Wildman–Crippen MR) is 108 cm³/mol. The second-order valence-electron chi connectivity index (χ2n) is 8.52. The average molecular weight is 399 g/mol. The summed E-state index contributed by atoms with van der Waals surface area (Å²) in [4.78, 5) is 42.8. The van der Waals surface area contributed by atoms with E-state index in [0.717, 1.165) is 25.9 Å². The molecule has 8 nitrogen and oxygen atoms in total. The first kappa shape index (κ1) is 24.4. The number of piperidine rings is 1. The van der Waals surface area contributed by atoms with E-state index < -0.39 is 23.6 Å². The Balaban J connectivity index is 3.05. The van der Waals surface area contributed by atoms with Crippen LogP contribution in [0.15, 0.2) is 0 Å². The van der Waals surface area contributed by atoms with Gasteiger partial charge in [0, 0.05) is 33.5 Å². The molecule has 0 unspecified atom stereocenters. The van der Waals surface area contributed by atoms with Crippen molar-refractivity contribution in [1.82, 2.24) is 14.7 Å². The third kappa shape index (κ3) is 7.39. The fourth-order valence-corrected chi connectivity index (χ4v) is 3.61. The number of hydrogen-bond acceptors (Lipinski definition) is 5. The van der Waals surface area contributed by atoms with Gasteiger partial charge in [-0.15, -0.1) is 0 Å². The summed E-state index contributed by atoms with van der Waals surface area (Å²) in [6, 6.07) is -1.63. The van der Waals surface area contributed by atoms with Gasteiger partial charge >= 0.3 is 0 Å². The van der Waals surface area contributed by atoms with E-state index in [1.165, 1.54) is 23.3 Å². The summed E-state index contributed by atoms with van der Waals surface area (Å²) in [5, 5.41) is 10.1. The van der Waals surface area contributed by atoms with Crippen LogP contribution in [0.25, 0.3) is 0 Å². The zero-order chi connectivity index (χ0) is 21.5. The minimum atomic E-state index is -1.15. The number of nitrogens with two attached hydrogens (primary N) is 1. The molecular weight excluding hydrogens is 360 g/mol. The Morgan fingerprint density at radius 3 is 2.11 bits per heavy atom. The molecule has 2 atom stereocenters. The molecule has 28 heavy (non-hydrogen) atoms. The summed E-state index contributed by atoms with van der Waals surface area (Å²) in [6.07, 6.45) is 4.43. The molecule has 1 heterocycles. The zero-order valence-electron chi connectivity index (χ0n) is 18.1. The molecule has 0 aliphatic carbocycles. The summed E-state index contributed by atoms with van der Waals surface area (Å²) in [5.74, 6) is -1.09. The van der Waals surface area contributed by atoms with Gasteiger partial charge in [0.05, 0.1) is 5.60 Å². The highest BCUT2D eigenvalue weighted by molar-refractivity contribution is 5.91. The van der Waals surface area contributed by atoms with Gasteiger partial charge in [0.15, 0.2) is 0 Å². The van der Waals surface area contributed by atoms with Crippen LogP contribution < -0.4 is 5.73 Å². The number of carbonyl (C=O) groups excluding carboxylic acids is 3. The second-order valence-corrected chi connectivity index (χ2v) is 8.52. The maximum atomic E-state index is 13.3. The maximum Gasteiger partial charge on any atom is 0.247 e. The van der Waals surface area contributed by atoms with Crippen LogP contribution in [0.4, 0.5) is 0 Å². The molecule has 3 N–H and O–H groups in total. The van der Waals surface area contributed by atoms with Crippen LogP contribution in [-0.2, 0) is 14.4 Å². The Morgan fingerprint density at radius 1 is 1.07 bits per heavy atom. The van der Waals surface area contributed by atoms with Gasteiger partial charge in [-0.2, -0.15) is 0 Å². The highest BCUT2D eigenvalue weighted by atomic mass is 16.3. The van der Waals surface area contributed by atoms with Gasteiger partial charge in [-0.05, 0) is 46.2 Å². The van der Waals surface area contributed by atoms with Gasteiger partial charge in [-0.25, -0.2) is 0 Å². The zero-order valence-corrected chi connectivity index (χ0v) is 18.1. The first-order chi connectivity index (χ1) is 13.0. The van der Waals surface area contributed by atoms with E-state index in [1.807, 2.05) is 6.92 Å². The number of aliphatic hydroxyl groups is 1. The number of nitrogens with zero attached hydrogens (tertiary/aromatic N) is 3. The van der Waals surface area contributed by atoms with Gasteiger partial charge in [0.1, 0.15) is 12.1 Å². The minimum Gasteiger partial charge on any atom is -0.390 e. The largest absolute Gasteiger partial charge is 0.390 e. The SMILES string of the molecule is CCCC(=O)N(C)[C@H](CN1CCCCC1)C(=O)N(C)[C@@H](CC(C)(C)O)C(N)=O. The van der Waals surface area contributed by atoms with Crippen molar-refractivity contribution in [3.8, 4) is 0 Å². The van der Waals surface area contributed by atoms with Crippen molar-refractivity contribution < 1.29 is 19.5 Å². The van der Waals surface area contributed by atoms with Gasteiger partial charge in [-0.3, -0.25) is 14.4 Å². The van der Waals surface area contributed by atoms with Gasteiger partial charge in [0.25, 0.3) is 0 Å². The number of amides is 3. The van der Waals surface area contributed by atoms with Crippen molar-refractivity contribution in [3.63, 3.8) is 0 Å². The van der Waals surface area contributed by atoms with E-state index >= 15 is 0 Å². The van der Waals surface area contributed by atoms with Crippen molar-refractivity contribution in [2.45, 2.75) is 77.0 Å². The lowest BCUT2D eigenvalue weighted by atomic mass is 9.97. The summed E-state index contributed by atoms with van der Waals surface area (Å²) >= 11 is 0. The van der Waals surface area contributed by atoms with Crippen LogP contribution >= 0.6 is 0 Å². The Bertz CT molecular complexity index is 541. The molecule has 0 saturated carbocycles. The molecule has 0 aromatic carbocycles. The first-order valence-electron chi connectivity index (χ1n) is 10.2. The van der Waals surface area contributed by atoms with Crippen LogP contribution in [0.3, 0.4) is 0 Å². The van der Waals surface area contributed by atoms with E-state index in [0.29, 0.717) is 19.4 Å². The molecule has 8 heteroatoms. The standard InChI is InChI=1S/C20H38N4O4/c1-6-10-17(25)22(4)16(14-24-11-8-7-9-12-24)19(27)23(5)15(18(21)26)13-20(2,3)28/h15-16,28H,6-14H2,1-5H3,(H2,21,26)/t15-,16+/m0/s1. The van der Waals surface area contributed by atoms with Gasteiger partial charge in [-0.1, -0.05) is 13.3 Å². The molecule has 0 spiro atoms. The lowest BCUT2D eigenvalue weighted by Crippen LogP contribution is -2.58. The highest BCUT2D eigenvalue weighted by Crippen LogP contribution is 2.18. The van der Waals surface area contributed by atoms with Crippen molar-refractivity contribution in [2.75, 3.05) is 33.7 Å². The molecule has 0 aromatic rings. The van der Waals surface area contributed by atoms with E-state index in [-0.39, 0.29) is 18.2 Å². The predicted octanol–water partition coefficient (Wildman–Crippen LogP) is 0.573. The highest BCUT2D eigenvalue weighted by Gasteiger charge is 2.37. The molecule has 1 fully saturated rings. The first-order valence-corrected chi connectivity index (χ1v) is 10.2. The molecule has 1 aliphatic rings. The minimum absolute atomic E-state index is 0.0353. The van der Waals surface area contributed by atoms with Crippen LogP contribution in [0.2, 0.25) is 0 Å². The molecule has 1 aliphatic heterocycles. The van der Waals surface area contributed by atoms with Gasteiger partial charge < -0.3 is 25.5 Å². The van der Waals surface area contributed by atoms with Crippen molar-refractivity contribution in [3.05, 3.63) is 0 Å². The Morgan fingerprint density at radius 2 is 1.64 bits per heavy atom. The van der Waals surface area contributed by atoms with Crippen molar-refractivity contribution in [1.29, 1.82) is 0 Å². The number of hydrogen-bond donors (Lipinski definition) is 2. The normalized spacial score (nSPS) is 17.6. The van der Waals surface area contributed by atoms with E-state index in [1.54, 1.807) is 20.9 Å². The van der Waals surface area contributed by atoms with E-state index in [2.05, 4.69) is 4.90 Å². The molecule has 1 saturated heterocycles. The summed E-state index contributed by atoms with van der Waals surface area (Å²) in [6.45, 7) is 7.29. The quantitative estimate of drug-likeness (QED) is 0.559. The average Bonchev–Trinajstić information content (AvgIpc) is 2.62. The summed E-state index contributed by atoms with van der Waals surface area (Å²) < 4.78 is 0. The van der Waals surface area contributed by atoms with Crippen LogP contribution in [0.1, 0.15) is 59.3 Å². The van der Waals surface area contributed by atoms with Crippen LogP contribution in [-0.4, -0.2) is 88.9 Å². The molecule has 0 aromatic heterocycles. The second kappa shape index (κ2) is 10.8. The number of carbonyl (C=O) groups is 3. The number of likely N-dealkylation sites (N-methyl/N-ethyl adjacent to an activating group) is 2. The van der Waals surface area contributed by atoms with Gasteiger partial charge in [0.2, 0.25) is 17.7 Å². The molecule has 162 valence electrons. The Labute approximate surface area is 169 Å². The van der Waals surface area contributed by atoms with Crippen LogP contribution in [0, 0.1) is 0 Å². The lowest BCUT2D eigenvalue weighted by Gasteiger charge is -2.38. The lowest BCUT2D eigenvalue weighted by molar-refractivity contribution is -0.149. The molecule has 3 amide bonds. The Hall–Kier alpha value is -1.67. The smallest absolute Gasteiger partial charge is 0.247 e. The van der Waals surface area contributed by atoms with E-state index in [9.17, 15) is 19.5 Å².